The van der Waals surface area contributed by atoms with E-state index in [0.29, 0.717) is 19.6 Å². The minimum atomic E-state index is -0.0359. The Balaban J connectivity index is 1.33. The van der Waals surface area contributed by atoms with Crippen molar-refractivity contribution in [2.75, 3.05) is 38.2 Å². The van der Waals surface area contributed by atoms with Crippen LogP contribution in [0.25, 0.3) is 0 Å². The molecule has 1 N–H and O–H groups in total. The molecule has 0 spiro atoms. The maximum atomic E-state index is 12.6. The molecule has 1 aromatic carbocycles. The zero-order chi connectivity index (χ0) is 18.6. The van der Waals surface area contributed by atoms with Gasteiger partial charge in [0.25, 0.3) is 0 Å². The van der Waals surface area contributed by atoms with Gasteiger partial charge in [0.1, 0.15) is 5.75 Å². The molecule has 7 heteroatoms. The quantitative estimate of drug-likeness (QED) is 0.895. The summed E-state index contributed by atoms with van der Waals surface area (Å²) >= 11 is 0. The van der Waals surface area contributed by atoms with Crippen molar-refractivity contribution in [3.63, 3.8) is 0 Å². The monoisotopic (exact) mass is 367 g/mol. The highest BCUT2D eigenvalue weighted by atomic mass is 16.5. The summed E-state index contributed by atoms with van der Waals surface area (Å²) < 4.78 is 5.53. The number of ether oxygens (including phenoxy) is 1. The molecule has 1 aromatic heterocycles. The zero-order valence-corrected chi connectivity index (χ0v) is 15.6. The molecule has 4 rings (SSSR count). The van der Waals surface area contributed by atoms with E-state index in [0.717, 1.165) is 43.2 Å². The summed E-state index contributed by atoms with van der Waals surface area (Å²) in [4.78, 5) is 25.1. The van der Waals surface area contributed by atoms with Crippen molar-refractivity contribution < 1.29 is 9.53 Å². The molecule has 1 saturated heterocycles. The van der Waals surface area contributed by atoms with Gasteiger partial charge in [0.05, 0.1) is 7.11 Å². The number of aryl methyl sites for hydroxylation is 2. The van der Waals surface area contributed by atoms with Crippen molar-refractivity contribution in [1.82, 2.24) is 20.2 Å². The van der Waals surface area contributed by atoms with Gasteiger partial charge >= 0.3 is 6.03 Å². The Kier molecular flexibility index (Phi) is 5.09. The average Bonchev–Trinajstić information content (AvgIpc) is 3.19. The molecule has 0 bridgehead atoms. The van der Waals surface area contributed by atoms with E-state index in [1.165, 1.54) is 17.5 Å². The first-order chi connectivity index (χ1) is 13.2. The summed E-state index contributed by atoms with van der Waals surface area (Å²) in [6.07, 6.45) is 6.91. The number of hydrogen-bond acceptors (Lipinski definition) is 5. The Labute approximate surface area is 159 Å². The number of rotatable bonds is 4. The van der Waals surface area contributed by atoms with Crippen molar-refractivity contribution in [3.8, 4) is 5.75 Å². The molecule has 0 unspecified atom stereocenters. The molecular formula is C20H25N5O2. The molecule has 2 heterocycles. The Morgan fingerprint density at radius 3 is 2.52 bits per heavy atom. The molecule has 1 aliphatic heterocycles. The molecule has 27 heavy (non-hydrogen) atoms. The number of carbonyl (C=O) groups is 1. The number of nitrogens with zero attached hydrogens (tertiary/aromatic N) is 4. The van der Waals surface area contributed by atoms with Crippen molar-refractivity contribution in [2.24, 2.45) is 0 Å². The second kappa shape index (κ2) is 7.82. The third kappa shape index (κ3) is 3.82. The van der Waals surface area contributed by atoms with Crippen LogP contribution < -0.4 is 15.0 Å². The molecule has 0 saturated carbocycles. The van der Waals surface area contributed by atoms with Crippen LogP contribution >= 0.6 is 0 Å². The van der Waals surface area contributed by atoms with Gasteiger partial charge in [-0.2, -0.15) is 0 Å². The number of fused-ring (bicyclic) bond motifs is 1. The lowest BCUT2D eigenvalue weighted by atomic mass is 10.1. The maximum Gasteiger partial charge on any atom is 0.317 e. The summed E-state index contributed by atoms with van der Waals surface area (Å²) in [5, 5.41) is 3.05. The van der Waals surface area contributed by atoms with Crippen molar-refractivity contribution in [1.29, 1.82) is 0 Å². The first-order valence-corrected chi connectivity index (χ1v) is 9.48. The number of carbonyl (C=O) groups excluding carboxylic acids is 1. The van der Waals surface area contributed by atoms with E-state index < -0.39 is 0 Å². The normalized spacial score (nSPS) is 16.2. The highest BCUT2D eigenvalue weighted by Crippen LogP contribution is 2.29. The molecule has 1 fully saturated rings. The van der Waals surface area contributed by atoms with Crippen molar-refractivity contribution in [3.05, 3.63) is 47.3 Å². The van der Waals surface area contributed by atoms with E-state index in [1.54, 1.807) is 25.6 Å². The highest BCUT2D eigenvalue weighted by Gasteiger charge is 2.23. The molecule has 2 aliphatic rings. The largest absolute Gasteiger partial charge is 0.496 e. The number of benzene rings is 1. The van der Waals surface area contributed by atoms with Crippen molar-refractivity contribution in [2.45, 2.75) is 25.8 Å². The molecule has 7 nitrogen and oxygen atoms in total. The average molecular weight is 367 g/mol. The van der Waals surface area contributed by atoms with Crippen LogP contribution in [-0.4, -0.2) is 54.2 Å². The number of urea groups is 1. The number of nitrogens with one attached hydrogen (secondary N) is 1. The van der Waals surface area contributed by atoms with Gasteiger partial charge in [-0.25, -0.2) is 14.8 Å². The Hall–Kier alpha value is -2.83. The van der Waals surface area contributed by atoms with E-state index >= 15 is 0 Å². The second-order valence-corrected chi connectivity index (χ2v) is 6.97. The van der Waals surface area contributed by atoms with Crippen molar-refractivity contribution >= 4 is 12.0 Å². The van der Waals surface area contributed by atoms with Gasteiger partial charge in [-0.3, -0.25) is 0 Å². The minimum Gasteiger partial charge on any atom is -0.496 e. The predicted octanol–water partition coefficient (Wildman–Crippen LogP) is 2.01. The van der Waals surface area contributed by atoms with Crippen LogP contribution in [0.4, 0.5) is 10.7 Å². The Morgan fingerprint density at radius 2 is 1.81 bits per heavy atom. The fourth-order valence-electron chi connectivity index (χ4n) is 3.83. The predicted molar refractivity (Wildman–Crippen MR) is 103 cm³/mol. The molecule has 2 aromatic rings. The highest BCUT2D eigenvalue weighted by molar-refractivity contribution is 5.74. The molecular weight excluding hydrogens is 342 g/mol. The van der Waals surface area contributed by atoms with Gasteiger partial charge in [0.2, 0.25) is 5.95 Å². The third-order valence-corrected chi connectivity index (χ3v) is 5.33. The standard InChI is InChI=1S/C20H25N5O2/c1-27-18-13-16-5-2-4-15(16)12-17(18)14-23-20(26)25-10-8-24(9-11-25)19-21-6-3-7-22-19/h3,6-7,12-13H,2,4-5,8-11,14H2,1H3,(H,23,26). The fraction of sp³-hybridized carbons (Fsp3) is 0.450. The first-order valence-electron chi connectivity index (χ1n) is 9.48. The summed E-state index contributed by atoms with van der Waals surface area (Å²) in [5.74, 6) is 1.59. The molecule has 1 aliphatic carbocycles. The lowest BCUT2D eigenvalue weighted by molar-refractivity contribution is 0.193. The fourth-order valence-corrected chi connectivity index (χ4v) is 3.83. The van der Waals surface area contributed by atoms with E-state index in [4.69, 9.17) is 4.74 Å². The zero-order valence-electron chi connectivity index (χ0n) is 15.6. The Bertz CT molecular complexity index is 804. The lowest BCUT2D eigenvalue weighted by Crippen LogP contribution is -2.52. The van der Waals surface area contributed by atoms with E-state index in [9.17, 15) is 4.79 Å². The van der Waals surface area contributed by atoms with Crippen LogP contribution in [0, 0.1) is 0 Å². The number of methoxy groups -OCH3 is 1. The van der Waals surface area contributed by atoms with Crippen LogP contribution in [0.1, 0.15) is 23.1 Å². The molecule has 0 radical (unpaired) electrons. The first kappa shape index (κ1) is 17.6. The number of hydrogen-bond donors (Lipinski definition) is 1. The topological polar surface area (TPSA) is 70.6 Å². The Morgan fingerprint density at radius 1 is 1.11 bits per heavy atom. The van der Waals surface area contributed by atoms with Gasteiger partial charge in [0.15, 0.2) is 0 Å². The van der Waals surface area contributed by atoms with E-state index in [1.807, 2.05) is 4.90 Å². The summed E-state index contributed by atoms with van der Waals surface area (Å²) in [5.41, 5.74) is 3.81. The number of piperazine rings is 1. The van der Waals surface area contributed by atoms with Gasteiger partial charge in [-0.15, -0.1) is 0 Å². The van der Waals surface area contributed by atoms with Crippen LogP contribution in [0.15, 0.2) is 30.6 Å². The molecule has 2 amide bonds. The lowest BCUT2D eigenvalue weighted by Gasteiger charge is -2.34. The number of anilines is 1. The molecule has 0 atom stereocenters. The van der Waals surface area contributed by atoms with Crippen LogP contribution in [0.2, 0.25) is 0 Å². The van der Waals surface area contributed by atoms with Gasteiger partial charge in [0, 0.05) is 50.7 Å². The van der Waals surface area contributed by atoms with Crippen LogP contribution in [0.3, 0.4) is 0 Å². The smallest absolute Gasteiger partial charge is 0.317 e. The maximum absolute atomic E-state index is 12.6. The summed E-state index contributed by atoms with van der Waals surface area (Å²) in [6.45, 7) is 3.27. The van der Waals surface area contributed by atoms with Crippen LogP contribution in [0.5, 0.6) is 5.75 Å². The SMILES string of the molecule is COc1cc2c(cc1CNC(=O)N1CCN(c3ncccn3)CC1)CCC2. The van der Waals surface area contributed by atoms with Gasteiger partial charge in [-0.1, -0.05) is 6.07 Å². The third-order valence-electron chi connectivity index (χ3n) is 5.33. The van der Waals surface area contributed by atoms with E-state index in [2.05, 4.69) is 32.3 Å². The van der Waals surface area contributed by atoms with E-state index in [-0.39, 0.29) is 6.03 Å². The summed E-state index contributed by atoms with van der Waals surface area (Å²) in [6, 6.07) is 6.08. The second-order valence-electron chi connectivity index (χ2n) is 6.97. The number of amides is 2. The summed E-state index contributed by atoms with van der Waals surface area (Å²) in [7, 11) is 1.69. The van der Waals surface area contributed by atoms with Gasteiger partial charge in [-0.05, 0) is 42.5 Å². The minimum absolute atomic E-state index is 0.0359. The number of aromatic nitrogens is 2. The van der Waals surface area contributed by atoms with Crippen LogP contribution in [-0.2, 0) is 19.4 Å². The van der Waals surface area contributed by atoms with Gasteiger partial charge < -0.3 is 19.9 Å². The molecule has 142 valence electrons.